The predicted molar refractivity (Wildman–Crippen MR) is 121 cm³/mol. The largest absolute Gasteiger partial charge is 0.348 e. The van der Waals surface area contributed by atoms with E-state index in [0.717, 1.165) is 23.4 Å². The number of benzene rings is 1. The van der Waals surface area contributed by atoms with Gasteiger partial charge in [-0.1, -0.05) is 23.7 Å². The zero-order chi connectivity index (χ0) is 22.2. The number of likely N-dealkylation sites (tertiary alicyclic amines) is 1. The molecule has 7 nitrogen and oxygen atoms in total. The zero-order valence-corrected chi connectivity index (χ0v) is 18.8. The first-order chi connectivity index (χ1) is 15.0. The van der Waals surface area contributed by atoms with Crippen molar-refractivity contribution in [3.8, 4) is 0 Å². The summed E-state index contributed by atoms with van der Waals surface area (Å²) in [5.74, 6) is -1.09. The number of carbonyl (C=O) groups excluding carboxylic acids is 3. The summed E-state index contributed by atoms with van der Waals surface area (Å²) in [5, 5.41) is 6.65. The summed E-state index contributed by atoms with van der Waals surface area (Å²) in [5.41, 5.74) is 1.49. The first-order valence-electron chi connectivity index (χ1n) is 10.1. The summed E-state index contributed by atoms with van der Waals surface area (Å²) in [4.78, 5) is 43.0. The Labute approximate surface area is 190 Å². The molecule has 0 aliphatic carbocycles. The van der Waals surface area contributed by atoms with E-state index in [1.54, 1.807) is 42.6 Å². The molecular formula is C22H25ClN4O3S. The summed E-state index contributed by atoms with van der Waals surface area (Å²) in [6, 6.07) is 10.6. The number of piperidine rings is 1. The number of rotatable bonds is 6. The average molecular weight is 461 g/mol. The van der Waals surface area contributed by atoms with Gasteiger partial charge in [-0.3, -0.25) is 14.4 Å². The van der Waals surface area contributed by atoms with Gasteiger partial charge in [0.2, 0.25) is 0 Å². The lowest BCUT2D eigenvalue weighted by Crippen LogP contribution is -2.44. The normalized spacial score (nSPS) is 14.2. The molecule has 3 amide bonds. The van der Waals surface area contributed by atoms with Crippen LogP contribution in [0.3, 0.4) is 0 Å². The second-order valence-corrected chi connectivity index (χ2v) is 8.55. The Kier molecular flexibility index (Phi) is 8.31. The van der Waals surface area contributed by atoms with Gasteiger partial charge in [0.25, 0.3) is 5.91 Å². The van der Waals surface area contributed by atoms with Crippen LogP contribution in [-0.4, -0.2) is 53.5 Å². The van der Waals surface area contributed by atoms with Crippen molar-refractivity contribution < 1.29 is 14.4 Å². The molecule has 0 atom stereocenters. The third kappa shape index (κ3) is 6.45. The second-order valence-electron chi connectivity index (χ2n) is 7.31. The molecule has 0 saturated carbocycles. The maximum atomic E-state index is 12.8. The minimum atomic E-state index is -0.663. The molecule has 0 bridgehead atoms. The summed E-state index contributed by atoms with van der Waals surface area (Å²) in [7, 11) is 0. The van der Waals surface area contributed by atoms with Crippen LogP contribution in [-0.2, 0) is 16.1 Å². The quantitative estimate of drug-likeness (QED) is 0.511. The Morgan fingerprint density at radius 2 is 1.77 bits per heavy atom. The van der Waals surface area contributed by atoms with Gasteiger partial charge in [0.05, 0.1) is 5.56 Å². The third-order valence-corrected chi connectivity index (χ3v) is 6.18. The van der Waals surface area contributed by atoms with Crippen molar-refractivity contribution in [2.45, 2.75) is 24.4 Å². The molecule has 31 heavy (non-hydrogen) atoms. The van der Waals surface area contributed by atoms with E-state index in [0.29, 0.717) is 30.2 Å². The molecule has 1 fully saturated rings. The Morgan fingerprint density at radius 1 is 1.10 bits per heavy atom. The minimum absolute atomic E-state index is 0.0125. The van der Waals surface area contributed by atoms with Crippen molar-refractivity contribution in [3.63, 3.8) is 0 Å². The van der Waals surface area contributed by atoms with Gasteiger partial charge in [0, 0.05) is 37.4 Å². The van der Waals surface area contributed by atoms with Gasteiger partial charge < -0.3 is 15.5 Å². The lowest BCUT2D eigenvalue weighted by molar-refractivity contribution is -0.139. The first kappa shape index (κ1) is 23.1. The topological polar surface area (TPSA) is 91.4 Å². The molecule has 0 unspecified atom stereocenters. The van der Waals surface area contributed by atoms with E-state index in [9.17, 15) is 14.4 Å². The summed E-state index contributed by atoms with van der Waals surface area (Å²) in [6.07, 6.45) is 5.13. The lowest BCUT2D eigenvalue weighted by Gasteiger charge is -2.32. The number of thioether (sulfide) groups is 1. The molecule has 1 aromatic heterocycles. The Bertz CT molecular complexity index is 931. The number of aromatic nitrogens is 1. The molecule has 164 valence electrons. The molecular weight excluding hydrogens is 436 g/mol. The van der Waals surface area contributed by atoms with Crippen LogP contribution < -0.4 is 10.6 Å². The van der Waals surface area contributed by atoms with Gasteiger partial charge in [0.1, 0.15) is 5.03 Å². The minimum Gasteiger partial charge on any atom is -0.348 e. The Balaban J connectivity index is 1.40. The van der Waals surface area contributed by atoms with Gasteiger partial charge in [-0.15, -0.1) is 11.8 Å². The molecule has 1 aliphatic heterocycles. The Hall–Kier alpha value is -2.58. The molecule has 2 N–H and O–H groups in total. The SMILES string of the molecule is CSc1ncccc1C(=O)N1CCC(CNC(=O)C(=O)NCc2ccc(Cl)cc2)CC1. The smallest absolute Gasteiger partial charge is 0.309 e. The number of nitrogens with one attached hydrogen (secondary N) is 2. The molecule has 1 aromatic carbocycles. The summed E-state index contributed by atoms with van der Waals surface area (Å²) in [6.45, 7) is 1.91. The van der Waals surface area contributed by atoms with E-state index in [1.165, 1.54) is 11.8 Å². The van der Waals surface area contributed by atoms with Crippen LogP contribution in [0.25, 0.3) is 0 Å². The standard InChI is InChI=1S/C22H25ClN4O3S/c1-31-21-18(3-2-10-24-21)22(30)27-11-8-16(9-12-27)14-26-20(29)19(28)25-13-15-4-6-17(23)7-5-15/h2-7,10,16H,8-9,11-14H2,1H3,(H,25,28)(H,26,29). The van der Waals surface area contributed by atoms with E-state index < -0.39 is 11.8 Å². The second kappa shape index (κ2) is 11.2. The molecule has 3 rings (SSSR count). The van der Waals surface area contributed by atoms with Crippen molar-refractivity contribution in [3.05, 3.63) is 58.7 Å². The molecule has 2 heterocycles. The fourth-order valence-corrected chi connectivity index (χ4v) is 4.08. The van der Waals surface area contributed by atoms with E-state index in [2.05, 4.69) is 15.6 Å². The molecule has 1 aliphatic rings. The van der Waals surface area contributed by atoms with E-state index in [1.807, 2.05) is 11.2 Å². The van der Waals surface area contributed by atoms with Gasteiger partial charge >= 0.3 is 11.8 Å². The summed E-state index contributed by atoms with van der Waals surface area (Å²) >= 11 is 7.29. The Morgan fingerprint density at radius 3 is 2.45 bits per heavy atom. The van der Waals surface area contributed by atoms with Crippen LogP contribution >= 0.6 is 23.4 Å². The fourth-order valence-electron chi connectivity index (χ4n) is 3.41. The average Bonchev–Trinajstić information content (AvgIpc) is 2.81. The maximum Gasteiger partial charge on any atom is 0.309 e. The highest BCUT2D eigenvalue weighted by Gasteiger charge is 2.26. The predicted octanol–water partition coefficient (Wildman–Crippen LogP) is 2.74. The molecule has 0 radical (unpaired) electrons. The fraction of sp³-hybridized carbons (Fsp3) is 0.364. The number of halogens is 1. The zero-order valence-electron chi connectivity index (χ0n) is 17.3. The van der Waals surface area contributed by atoms with Crippen LogP contribution in [0.4, 0.5) is 0 Å². The van der Waals surface area contributed by atoms with E-state index >= 15 is 0 Å². The highest BCUT2D eigenvalue weighted by Crippen LogP contribution is 2.22. The van der Waals surface area contributed by atoms with Crippen LogP contribution in [0.2, 0.25) is 5.02 Å². The van der Waals surface area contributed by atoms with Crippen molar-refractivity contribution in [1.29, 1.82) is 0 Å². The molecule has 9 heteroatoms. The van der Waals surface area contributed by atoms with Crippen LogP contribution in [0, 0.1) is 5.92 Å². The van der Waals surface area contributed by atoms with E-state index in [4.69, 9.17) is 11.6 Å². The highest BCUT2D eigenvalue weighted by atomic mass is 35.5. The van der Waals surface area contributed by atoms with Crippen LogP contribution in [0.5, 0.6) is 0 Å². The molecule has 1 saturated heterocycles. The number of pyridine rings is 1. The number of nitrogens with zero attached hydrogens (tertiary/aromatic N) is 2. The number of hydrogen-bond donors (Lipinski definition) is 2. The van der Waals surface area contributed by atoms with Crippen molar-refractivity contribution in [2.75, 3.05) is 25.9 Å². The van der Waals surface area contributed by atoms with Crippen LogP contribution in [0.15, 0.2) is 47.6 Å². The van der Waals surface area contributed by atoms with Gasteiger partial charge in [0.15, 0.2) is 0 Å². The van der Waals surface area contributed by atoms with Crippen molar-refractivity contribution in [2.24, 2.45) is 5.92 Å². The number of hydrogen-bond acceptors (Lipinski definition) is 5. The highest BCUT2D eigenvalue weighted by molar-refractivity contribution is 7.98. The monoisotopic (exact) mass is 460 g/mol. The number of carbonyl (C=O) groups is 3. The van der Waals surface area contributed by atoms with Gasteiger partial charge in [-0.05, 0) is 54.8 Å². The maximum absolute atomic E-state index is 12.8. The summed E-state index contributed by atoms with van der Waals surface area (Å²) < 4.78 is 0. The van der Waals surface area contributed by atoms with E-state index in [-0.39, 0.29) is 18.4 Å². The number of amides is 3. The first-order valence-corrected chi connectivity index (χ1v) is 11.7. The van der Waals surface area contributed by atoms with Crippen molar-refractivity contribution in [1.82, 2.24) is 20.5 Å². The lowest BCUT2D eigenvalue weighted by atomic mass is 9.96. The third-order valence-electron chi connectivity index (χ3n) is 5.22. The molecule has 2 aromatic rings. The van der Waals surface area contributed by atoms with Crippen molar-refractivity contribution >= 4 is 41.1 Å². The molecule has 0 spiro atoms. The van der Waals surface area contributed by atoms with Gasteiger partial charge in [-0.25, -0.2) is 4.98 Å². The van der Waals surface area contributed by atoms with Crippen LogP contribution in [0.1, 0.15) is 28.8 Å². The van der Waals surface area contributed by atoms with Gasteiger partial charge in [-0.2, -0.15) is 0 Å².